The summed E-state index contributed by atoms with van der Waals surface area (Å²) in [5, 5.41) is 0.656. The molecule has 0 amide bonds. The Morgan fingerprint density at radius 3 is 2.81 bits per heavy atom. The van der Waals surface area contributed by atoms with E-state index in [1.165, 1.54) is 0 Å². The van der Waals surface area contributed by atoms with Gasteiger partial charge in [-0.2, -0.15) is 11.8 Å². The van der Waals surface area contributed by atoms with E-state index in [4.69, 9.17) is 11.6 Å². The lowest BCUT2D eigenvalue weighted by Gasteiger charge is -2.27. The van der Waals surface area contributed by atoms with Gasteiger partial charge >= 0.3 is 0 Å². The van der Waals surface area contributed by atoms with Gasteiger partial charge in [0, 0.05) is 35.1 Å². The second kappa shape index (κ2) is 6.16. The molecule has 1 atom stereocenters. The number of hydrogen-bond donors (Lipinski definition) is 0. The molecule has 1 aromatic rings. The second-order valence-electron chi connectivity index (χ2n) is 3.74. The Morgan fingerprint density at radius 2 is 2.25 bits per heavy atom. The van der Waals surface area contributed by atoms with Gasteiger partial charge in [0.2, 0.25) is 0 Å². The van der Waals surface area contributed by atoms with Crippen LogP contribution in [-0.2, 0) is 0 Å². The van der Waals surface area contributed by atoms with Crippen LogP contribution in [-0.4, -0.2) is 31.4 Å². The fourth-order valence-corrected chi connectivity index (χ4v) is 2.38. The van der Waals surface area contributed by atoms with Crippen LogP contribution in [0, 0.1) is 0 Å². The molecule has 0 aliphatic heterocycles. The van der Waals surface area contributed by atoms with Crippen LogP contribution in [0.4, 0.5) is 5.69 Å². The van der Waals surface area contributed by atoms with Gasteiger partial charge < -0.3 is 4.90 Å². The molecular formula is C12H16ClNOS. The number of halogens is 1. The highest BCUT2D eigenvalue weighted by atomic mass is 35.5. The number of nitrogens with zero attached hydrogens (tertiary/aromatic N) is 1. The van der Waals surface area contributed by atoms with Gasteiger partial charge in [-0.3, -0.25) is 4.79 Å². The van der Waals surface area contributed by atoms with Gasteiger partial charge in [-0.1, -0.05) is 11.6 Å². The van der Waals surface area contributed by atoms with Crippen molar-refractivity contribution in [2.75, 3.05) is 24.0 Å². The molecule has 0 aliphatic rings. The summed E-state index contributed by atoms with van der Waals surface area (Å²) >= 11 is 7.74. The molecule has 1 unspecified atom stereocenters. The summed E-state index contributed by atoms with van der Waals surface area (Å²) in [5.41, 5.74) is 1.57. The van der Waals surface area contributed by atoms with Crippen molar-refractivity contribution in [2.24, 2.45) is 0 Å². The number of thioether (sulfide) groups is 1. The van der Waals surface area contributed by atoms with Gasteiger partial charge in [0.25, 0.3) is 0 Å². The molecule has 0 spiro atoms. The number of carbonyl (C=O) groups is 1. The summed E-state index contributed by atoms with van der Waals surface area (Å²) in [6, 6.07) is 5.70. The van der Waals surface area contributed by atoms with Gasteiger partial charge in [-0.15, -0.1) is 0 Å². The van der Waals surface area contributed by atoms with Crippen molar-refractivity contribution < 1.29 is 4.79 Å². The first-order valence-electron chi connectivity index (χ1n) is 5.06. The summed E-state index contributed by atoms with van der Waals surface area (Å²) in [4.78, 5) is 13.0. The Morgan fingerprint density at radius 1 is 1.56 bits per heavy atom. The highest BCUT2D eigenvalue weighted by Crippen LogP contribution is 2.25. The molecule has 0 radical (unpaired) electrons. The zero-order chi connectivity index (χ0) is 12.1. The monoisotopic (exact) mass is 257 g/mol. The molecule has 0 saturated carbocycles. The minimum absolute atomic E-state index is 0.368. The highest BCUT2D eigenvalue weighted by molar-refractivity contribution is 7.98. The fraction of sp³-hybridized carbons (Fsp3) is 0.417. The molecule has 0 fully saturated rings. The van der Waals surface area contributed by atoms with Crippen molar-refractivity contribution >= 4 is 35.3 Å². The average molecular weight is 258 g/mol. The largest absolute Gasteiger partial charge is 0.370 e. The van der Waals surface area contributed by atoms with Crippen molar-refractivity contribution in [3.63, 3.8) is 0 Å². The lowest BCUT2D eigenvalue weighted by molar-refractivity contribution is 0.112. The van der Waals surface area contributed by atoms with Crippen LogP contribution in [0.3, 0.4) is 0 Å². The quantitative estimate of drug-likeness (QED) is 0.755. The molecular weight excluding hydrogens is 242 g/mol. The molecule has 2 nitrogen and oxygen atoms in total. The fourth-order valence-electron chi connectivity index (χ4n) is 1.51. The summed E-state index contributed by atoms with van der Waals surface area (Å²) in [6.45, 7) is 2.13. The number of rotatable bonds is 5. The lowest BCUT2D eigenvalue weighted by atomic mass is 10.1. The Bertz CT molecular complexity index is 370. The predicted molar refractivity (Wildman–Crippen MR) is 73.1 cm³/mol. The smallest absolute Gasteiger partial charge is 0.152 e. The van der Waals surface area contributed by atoms with Crippen LogP contribution in [0.15, 0.2) is 18.2 Å². The maximum atomic E-state index is 10.9. The van der Waals surface area contributed by atoms with Gasteiger partial charge in [0.05, 0.1) is 0 Å². The third kappa shape index (κ3) is 3.16. The van der Waals surface area contributed by atoms with Crippen molar-refractivity contribution in [3.8, 4) is 0 Å². The molecule has 1 rings (SSSR count). The maximum Gasteiger partial charge on any atom is 0.152 e. The molecule has 16 heavy (non-hydrogen) atoms. The van der Waals surface area contributed by atoms with E-state index in [2.05, 4.69) is 18.1 Å². The minimum Gasteiger partial charge on any atom is -0.370 e. The Hall–Kier alpha value is -0.670. The summed E-state index contributed by atoms with van der Waals surface area (Å²) in [6.07, 6.45) is 2.94. The third-order valence-corrected chi connectivity index (χ3v) is 3.62. The zero-order valence-corrected chi connectivity index (χ0v) is 11.3. The van der Waals surface area contributed by atoms with Crippen LogP contribution in [0.5, 0.6) is 0 Å². The number of anilines is 1. The van der Waals surface area contributed by atoms with E-state index < -0.39 is 0 Å². The van der Waals surface area contributed by atoms with Crippen LogP contribution in [0.25, 0.3) is 0 Å². The van der Waals surface area contributed by atoms with Gasteiger partial charge in [-0.05, 0) is 31.4 Å². The van der Waals surface area contributed by atoms with E-state index in [9.17, 15) is 4.79 Å². The lowest BCUT2D eigenvalue weighted by Crippen LogP contribution is -2.31. The third-order valence-electron chi connectivity index (χ3n) is 2.57. The highest BCUT2D eigenvalue weighted by Gasteiger charge is 2.13. The van der Waals surface area contributed by atoms with Crippen molar-refractivity contribution in [3.05, 3.63) is 28.8 Å². The normalized spacial score (nSPS) is 12.2. The van der Waals surface area contributed by atoms with Gasteiger partial charge in [-0.25, -0.2) is 0 Å². The molecule has 88 valence electrons. The first-order valence-corrected chi connectivity index (χ1v) is 6.83. The molecule has 0 bridgehead atoms. The molecule has 0 aliphatic carbocycles. The predicted octanol–water partition coefficient (Wildman–Crippen LogP) is 3.34. The Kier molecular flexibility index (Phi) is 5.16. The zero-order valence-electron chi connectivity index (χ0n) is 9.74. The minimum atomic E-state index is 0.368. The topological polar surface area (TPSA) is 20.3 Å². The van der Waals surface area contributed by atoms with Gasteiger partial charge in [0.15, 0.2) is 6.29 Å². The van der Waals surface area contributed by atoms with E-state index in [1.54, 1.807) is 23.9 Å². The van der Waals surface area contributed by atoms with E-state index in [-0.39, 0.29) is 0 Å². The van der Waals surface area contributed by atoms with Crippen LogP contribution < -0.4 is 4.90 Å². The summed E-state index contributed by atoms with van der Waals surface area (Å²) in [7, 11) is 1.99. The van der Waals surface area contributed by atoms with E-state index in [0.717, 1.165) is 17.7 Å². The SMILES string of the molecule is CSCC(C)N(C)c1cc(Cl)ccc1C=O. The first-order chi connectivity index (χ1) is 7.60. The standard InChI is InChI=1S/C12H16ClNOS/c1-9(8-16-3)14(2)12-6-11(13)5-4-10(12)7-15/h4-7,9H,8H2,1-3H3. The molecule has 4 heteroatoms. The van der Waals surface area contributed by atoms with E-state index in [1.807, 2.05) is 13.1 Å². The maximum absolute atomic E-state index is 10.9. The molecule has 0 aromatic heterocycles. The second-order valence-corrected chi connectivity index (χ2v) is 5.08. The molecule has 0 heterocycles. The molecule has 0 N–H and O–H groups in total. The Balaban J connectivity index is 3.00. The van der Waals surface area contributed by atoms with Gasteiger partial charge in [0.1, 0.15) is 0 Å². The number of benzene rings is 1. The van der Waals surface area contributed by atoms with Crippen molar-refractivity contribution in [1.82, 2.24) is 0 Å². The van der Waals surface area contributed by atoms with Crippen LogP contribution in [0.1, 0.15) is 17.3 Å². The Labute approximate surface area is 106 Å². The number of aldehydes is 1. The average Bonchev–Trinajstić information content (AvgIpc) is 2.28. The van der Waals surface area contributed by atoms with Crippen LogP contribution >= 0.6 is 23.4 Å². The van der Waals surface area contributed by atoms with Crippen molar-refractivity contribution in [1.29, 1.82) is 0 Å². The summed E-state index contributed by atoms with van der Waals surface area (Å²) < 4.78 is 0. The van der Waals surface area contributed by atoms with E-state index >= 15 is 0 Å². The van der Waals surface area contributed by atoms with Crippen molar-refractivity contribution in [2.45, 2.75) is 13.0 Å². The molecule has 1 aromatic carbocycles. The molecule has 0 saturated heterocycles. The van der Waals surface area contributed by atoms with E-state index in [0.29, 0.717) is 16.6 Å². The first kappa shape index (κ1) is 13.4. The number of carbonyl (C=O) groups excluding carboxylic acids is 1. The summed E-state index contributed by atoms with van der Waals surface area (Å²) in [5.74, 6) is 1.02. The van der Waals surface area contributed by atoms with Crippen LogP contribution in [0.2, 0.25) is 5.02 Å². The number of hydrogen-bond acceptors (Lipinski definition) is 3.